The van der Waals surface area contributed by atoms with Gasteiger partial charge in [0, 0.05) is 33.8 Å². The van der Waals surface area contributed by atoms with Gasteiger partial charge in [-0.1, -0.05) is 42.5 Å². The Bertz CT molecular complexity index is 1330. The van der Waals surface area contributed by atoms with Crippen LogP contribution in [0.4, 0.5) is 0 Å². The highest BCUT2D eigenvalue weighted by Gasteiger charge is 2.38. The Morgan fingerprint density at radius 2 is 1.62 bits per heavy atom. The van der Waals surface area contributed by atoms with Crippen molar-refractivity contribution >= 4 is 33.6 Å². The number of benzene rings is 3. The number of aromatic nitrogens is 1. The average molecular weight is 339 g/mol. The molecule has 124 valence electrons. The molecular weight excluding hydrogens is 328 g/mol. The second-order valence-electron chi connectivity index (χ2n) is 6.76. The van der Waals surface area contributed by atoms with Crippen molar-refractivity contribution in [1.29, 1.82) is 0 Å². The van der Waals surface area contributed by atoms with Gasteiger partial charge in [-0.25, -0.2) is 0 Å². The van der Waals surface area contributed by atoms with E-state index < -0.39 is 5.91 Å². The van der Waals surface area contributed by atoms with Crippen LogP contribution >= 0.6 is 0 Å². The number of amides is 2. The summed E-state index contributed by atoms with van der Waals surface area (Å²) in [7, 11) is 0. The smallest absolute Gasteiger partial charge is 0.259 e. The largest absolute Gasteiger partial charge is 0.805 e. The zero-order chi connectivity index (χ0) is 17.6. The van der Waals surface area contributed by atoms with Crippen molar-refractivity contribution in [3.63, 3.8) is 0 Å². The molecule has 2 heterocycles. The Balaban J connectivity index is 1.94. The lowest BCUT2D eigenvalue weighted by atomic mass is 9.92. The van der Waals surface area contributed by atoms with Gasteiger partial charge in [0.2, 0.25) is 0 Å². The lowest BCUT2D eigenvalue weighted by Crippen LogP contribution is -2.20. The number of fused-ring (bicyclic) bond motifs is 10. The lowest BCUT2D eigenvalue weighted by Gasteiger charge is -2.15. The maximum atomic E-state index is 13.1. The van der Waals surface area contributed by atoms with Crippen LogP contribution in [-0.2, 0) is 6.42 Å². The molecule has 5 heteroatoms. The fourth-order valence-corrected chi connectivity index (χ4v) is 4.52. The van der Waals surface area contributed by atoms with Gasteiger partial charge in [-0.15, -0.1) is 0 Å². The third-order valence-corrected chi connectivity index (χ3v) is 5.50. The first-order valence-electron chi connectivity index (χ1n) is 8.40. The number of rotatable bonds is 0. The summed E-state index contributed by atoms with van der Waals surface area (Å²) in [5, 5.41) is 16.8. The fraction of sp³-hybridized carbons (Fsp3) is 0.0476. The van der Waals surface area contributed by atoms with Crippen LogP contribution in [0.2, 0.25) is 0 Å². The molecule has 1 aliphatic heterocycles. The molecule has 0 radical (unpaired) electrons. The van der Waals surface area contributed by atoms with Gasteiger partial charge in [-0.3, -0.25) is 14.9 Å². The third-order valence-electron chi connectivity index (χ3n) is 5.50. The molecule has 2 amide bonds. The topological polar surface area (TPSA) is 74.2 Å². The van der Waals surface area contributed by atoms with Gasteiger partial charge in [0.1, 0.15) is 0 Å². The first kappa shape index (κ1) is 13.7. The van der Waals surface area contributed by atoms with Crippen molar-refractivity contribution in [3.05, 3.63) is 76.0 Å². The molecule has 2 aliphatic rings. The van der Waals surface area contributed by atoms with Gasteiger partial charge in [-0.2, -0.15) is 0 Å². The highest BCUT2D eigenvalue weighted by molar-refractivity contribution is 6.33. The van der Waals surface area contributed by atoms with E-state index in [4.69, 9.17) is 0 Å². The summed E-state index contributed by atoms with van der Waals surface area (Å²) in [5.41, 5.74) is 5.29. The number of nitrogens with one attached hydrogen (secondary N) is 1. The predicted molar refractivity (Wildman–Crippen MR) is 98.2 cm³/mol. The summed E-state index contributed by atoms with van der Waals surface area (Å²) in [6, 6.07) is 15.0. The minimum Gasteiger partial charge on any atom is -0.805 e. The molecule has 26 heavy (non-hydrogen) atoms. The minimum absolute atomic E-state index is 0.325. The van der Waals surface area contributed by atoms with Crippen LogP contribution < -0.4 is 5.32 Å². The monoisotopic (exact) mass is 339 g/mol. The van der Waals surface area contributed by atoms with Gasteiger partial charge in [0.25, 0.3) is 11.8 Å². The molecule has 0 saturated heterocycles. The summed E-state index contributed by atoms with van der Waals surface area (Å²) in [6.07, 6.45) is 0.579. The summed E-state index contributed by atoms with van der Waals surface area (Å²) in [4.78, 5) is 25.2. The Morgan fingerprint density at radius 3 is 2.50 bits per heavy atom. The highest BCUT2D eigenvalue weighted by Crippen LogP contribution is 2.48. The standard InChI is InChI=1S/C21H11N2O3/c24-20-17-15-11-6-2-1-5-10(11)9-13(15)19-16(18(17)21(25)22-20)12-7-3-4-8-14(12)23(19)26/h1-8H,9H2,(H,22,24,25)/q-1. The quantitative estimate of drug-likeness (QED) is 0.438. The van der Waals surface area contributed by atoms with Crippen molar-refractivity contribution in [2.45, 2.75) is 6.42 Å². The highest BCUT2D eigenvalue weighted by atomic mass is 16.5. The fourth-order valence-electron chi connectivity index (χ4n) is 4.52. The Kier molecular flexibility index (Phi) is 2.27. The van der Waals surface area contributed by atoms with Gasteiger partial charge in [0.15, 0.2) is 0 Å². The number of imide groups is 1. The van der Waals surface area contributed by atoms with Crippen LogP contribution in [0.15, 0.2) is 48.5 Å². The van der Waals surface area contributed by atoms with Gasteiger partial charge >= 0.3 is 0 Å². The van der Waals surface area contributed by atoms with E-state index in [1.165, 1.54) is 0 Å². The molecule has 5 nitrogen and oxygen atoms in total. The molecule has 3 aromatic carbocycles. The van der Waals surface area contributed by atoms with E-state index in [-0.39, 0.29) is 5.91 Å². The molecule has 0 spiro atoms. The van der Waals surface area contributed by atoms with Crippen LogP contribution in [-0.4, -0.2) is 16.5 Å². The number of hydrogen-bond acceptors (Lipinski definition) is 3. The third kappa shape index (κ3) is 1.39. The molecule has 0 unspecified atom stereocenters. The molecule has 1 N–H and O–H groups in total. The van der Waals surface area contributed by atoms with Crippen LogP contribution in [0.25, 0.3) is 32.9 Å². The second kappa shape index (κ2) is 4.32. The number of carbonyl (C=O) groups excluding carboxylic acids is 2. The molecule has 1 aromatic heterocycles. The molecule has 6 rings (SSSR count). The van der Waals surface area contributed by atoms with E-state index in [1.54, 1.807) is 12.1 Å². The van der Waals surface area contributed by atoms with Gasteiger partial charge < -0.3 is 9.94 Å². The normalized spacial score (nSPS) is 14.6. The van der Waals surface area contributed by atoms with Crippen molar-refractivity contribution in [2.75, 3.05) is 0 Å². The lowest BCUT2D eigenvalue weighted by molar-refractivity contribution is 0.0880. The number of carbonyl (C=O) groups is 2. The maximum Gasteiger partial charge on any atom is 0.259 e. The van der Waals surface area contributed by atoms with E-state index in [1.807, 2.05) is 36.4 Å². The Hall–Kier alpha value is -3.60. The van der Waals surface area contributed by atoms with Crippen LogP contribution in [0.3, 0.4) is 0 Å². The summed E-state index contributed by atoms with van der Waals surface area (Å²) in [6.45, 7) is 0. The minimum atomic E-state index is -0.432. The molecule has 4 aromatic rings. The predicted octanol–water partition coefficient (Wildman–Crippen LogP) is 3.60. The van der Waals surface area contributed by atoms with Crippen LogP contribution in [0, 0.1) is 5.21 Å². The summed E-state index contributed by atoms with van der Waals surface area (Å²) in [5.74, 6) is -0.818. The van der Waals surface area contributed by atoms with Crippen molar-refractivity contribution in [2.24, 2.45) is 0 Å². The summed E-state index contributed by atoms with van der Waals surface area (Å²) < 4.78 is 0.908. The first-order valence-corrected chi connectivity index (χ1v) is 8.40. The molecule has 0 bridgehead atoms. The van der Waals surface area contributed by atoms with E-state index in [0.717, 1.165) is 27.0 Å². The van der Waals surface area contributed by atoms with Crippen molar-refractivity contribution in [3.8, 4) is 11.1 Å². The second-order valence-corrected chi connectivity index (χ2v) is 6.76. The number of para-hydroxylation sites is 1. The molecule has 1 aliphatic carbocycles. The van der Waals surface area contributed by atoms with Crippen LogP contribution in [0.5, 0.6) is 0 Å². The van der Waals surface area contributed by atoms with Gasteiger partial charge in [-0.05, 0) is 22.8 Å². The zero-order valence-electron chi connectivity index (χ0n) is 13.5. The molecule has 0 fully saturated rings. The SMILES string of the molecule is O=C1NC(=O)c2c1c1c(c3c2c2ccccc2n3[O-])Cc2ccccc2-1. The number of hydrogen-bond donors (Lipinski definition) is 1. The first-order chi connectivity index (χ1) is 12.7. The zero-order valence-corrected chi connectivity index (χ0v) is 13.5. The van der Waals surface area contributed by atoms with E-state index in [2.05, 4.69) is 5.32 Å². The number of nitrogens with zero attached hydrogens (tertiary/aromatic N) is 1. The van der Waals surface area contributed by atoms with Gasteiger partial charge in [0.05, 0.1) is 11.1 Å². The molecular formula is C21H11N2O3-. The Morgan fingerprint density at radius 1 is 0.885 bits per heavy atom. The van der Waals surface area contributed by atoms with E-state index in [9.17, 15) is 14.8 Å². The summed E-state index contributed by atoms with van der Waals surface area (Å²) >= 11 is 0. The molecule has 0 saturated carbocycles. The Labute approximate surface area is 147 Å². The van der Waals surface area contributed by atoms with E-state index in [0.29, 0.717) is 39.4 Å². The van der Waals surface area contributed by atoms with Crippen molar-refractivity contribution < 1.29 is 9.59 Å². The van der Waals surface area contributed by atoms with Crippen molar-refractivity contribution in [1.82, 2.24) is 10.0 Å². The van der Waals surface area contributed by atoms with Crippen LogP contribution in [0.1, 0.15) is 31.8 Å². The van der Waals surface area contributed by atoms with E-state index >= 15 is 0 Å². The molecule has 0 atom stereocenters. The average Bonchev–Trinajstić information content (AvgIpc) is 3.26. The maximum absolute atomic E-state index is 13.1.